The fourth-order valence-electron chi connectivity index (χ4n) is 6.31. The third-order valence-electron chi connectivity index (χ3n) is 8.24. The van der Waals surface area contributed by atoms with Crippen molar-refractivity contribution in [3.63, 3.8) is 0 Å². The molecule has 9 nitrogen and oxygen atoms in total. The van der Waals surface area contributed by atoms with Crippen molar-refractivity contribution in [3.05, 3.63) is 0 Å². The standard InChI is InChI=1S/C22H31F4N5O4/c23-18-16(5-6-17-19(18)28-29-27-17)20(32)30-7-13-9-31(10-14(13)8-30)21(33)34-11-12-1-3-15(4-2-12)35-22(24,25)26/h12-19H,1-11H2,(H,27,28). The van der Waals surface area contributed by atoms with Gasteiger partial charge < -0.3 is 14.5 Å². The maximum atomic E-state index is 14.9. The largest absolute Gasteiger partial charge is 0.522 e. The Kier molecular flexibility index (Phi) is 6.79. The molecule has 2 aliphatic carbocycles. The van der Waals surface area contributed by atoms with E-state index in [4.69, 9.17) is 4.74 Å². The van der Waals surface area contributed by atoms with Gasteiger partial charge in [-0.25, -0.2) is 9.18 Å². The van der Waals surface area contributed by atoms with Crippen LogP contribution in [0.25, 0.3) is 0 Å². The summed E-state index contributed by atoms with van der Waals surface area (Å²) in [6.45, 7) is 2.13. The smallest absolute Gasteiger partial charge is 0.449 e. The highest BCUT2D eigenvalue weighted by Gasteiger charge is 2.50. The number of likely N-dealkylation sites (tertiary alicyclic amines) is 2. The Morgan fingerprint density at radius 2 is 1.60 bits per heavy atom. The molecule has 2 saturated carbocycles. The predicted octanol–water partition coefficient (Wildman–Crippen LogP) is 3.06. The lowest BCUT2D eigenvalue weighted by atomic mass is 9.80. The fourth-order valence-corrected chi connectivity index (χ4v) is 6.31. The molecule has 4 fully saturated rings. The van der Waals surface area contributed by atoms with Crippen LogP contribution in [-0.2, 0) is 14.3 Å². The van der Waals surface area contributed by atoms with Gasteiger partial charge in [0.15, 0.2) is 0 Å². The Balaban J connectivity index is 1.04. The highest BCUT2D eigenvalue weighted by Crippen LogP contribution is 2.37. The molecule has 1 N–H and O–H groups in total. The Labute approximate surface area is 200 Å². The molecular formula is C22H31F4N5O4. The number of carbonyl (C=O) groups is 2. The van der Waals surface area contributed by atoms with Gasteiger partial charge in [-0.3, -0.25) is 15.0 Å². The van der Waals surface area contributed by atoms with E-state index in [1.807, 2.05) is 0 Å². The van der Waals surface area contributed by atoms with Crippen molar-refractivity contribution in [1.82, 2.24) is 15.2 Å². The second kappa shape index (κ2) is 9.70. The number of alkyl halides is 4. The van der Waals surface area contributed by atoms with Gasteiger partial charge in [-0.2, -0.15) is 5.11 Å². The zero-order chi connectivity index (χ0) is 24.7. The molecule has 0 spiro atoms. The maximum Gasteiger partial charge on any atom is 0.522 e. The van der Waals surface area contributed by atoms with Crippen LogP contribution in [0.3, 0.4) is 0 Å². The molecule has 35 heavy (non-hydrogen) atoms. The number of carbonyl (C=O) groups excluding carboxylic acids is 2. The molecule has 6 unspecified atom stereocenters. The molecule has 5 aliphatic rings. The van der Waals surface area contributed by atoms with Gasteiger partial charge in [0.2, 0.25) is 5.91 Å². The number of amides is 2. The lowest BCUT2D eigenvalue weighted by molar-refractivity contribution is -0.345. The summed E-state index contributed by atoms with van der Waals surface area (Å²) >= 11 is 0. The summed E-state index contributed by atoms with van der Waals surface area (Å²) in [5, 5.41) is 7.63. The minimum absolute atomic E-state index is 0.0283. The van der Waals surface area contributed by atoms with Crippen molar-refractivity contribution in [2.75, 3.05) is 32.8 Å². The van der Waals surface area contributed by atoms with E-state index in [9.17, 15) is 27.2 Å². The van der Waals surface area contributed by atoms with Gasteiger partial charge >= 0.3 is 12.5 Å². The number of fused-ring (bicyclic) bond motifs is 2. The summed E-state index contributed by atoms with van der Waals surface area (Å²) in [5.41, 5.74) is 2.80. The van der Waals surface area contributed by atoms with Crippen molar-refractivity contribution < 1.29 is 36.6 Å². The van der Waals surface area contributed by atoms with Gasteiger partial charge in [0.05, 0.1) is 24.7 Å². The van der Waals surface area contributed by atoms with E-state index >= 15 is 0 Å². The van der Waals surface area contributed by atoms with Gasteiger partial charge in [0.1, 0.15) is 12.2 Å². The first-order valence-corrected chi connectivity index (χ1v) is 12.4. The zero-order valence-corrected chi connectivity index (χ0v) is 19.3. The van der Waals surface area contributed by atoms with Gasteiger partial charge in [-0.05, 0) is 44.4 Å². The molecule has 0 aromatic rings. The van der Waals surface area contributed by atoms with Crippen molar-refractivity contribution in [2.24, 2.45) is 34.0 Å². The van der Waals surface area contributed by atoms with Gasteiger partial charge in [0, 0.05) is 38.0 Å². The minimum atomic E-state index is -4.62. The number of hydrogen-bond acceptors (Lipinski definition) is 7. The fraction of sp³-hybridized carbons (Fsp3) is 0.909. The van der Waals surface area contributed by atoms with Crippen LogP contribution in [0.5, 0.6) is 0 Å². The Hall–Kier alpha value is -2.18. The normalized spacial score (nSPS) is 38.7. The van der Waals surface area contributed by atoms with Crippen molar-refractivity contribution >= 4 is 12.0 Å². The van der Waals surface area contributed by atoms with E-state index in [1.54, 1.807) is 9.80 Å². The predicted molar refractivity (Wildman–Crippen MR) is 113 cm³/mol. The van der Waals surface area contributed by atoms with E-state index < -0.39 is 36.7 Å². The Bertz CT molecular complexity index is 823. The number of rotatable bonds is 4. The van der Waals surface area contributed by atoms with Gasteiger partial charge in [0.25, 0.3) is 0 Å². The third kappa shape index (κ3) is 5.34. The first kappa shape index (κ1) is 24.5. The zero-order valence-electron chi connectivity index (χ0n) is 19.3. The van der Waals surface area contributed by atoms with Crippen LogP contribution < -0.4 is 5.43 Å². The maximum absolute atomic E-state index is 14.9. The number of halogens is 4. The van der Waals surface area contributed by atoms with Crippen LogP contribution in [0.1, 0.15) is 38.5 Å². The number of nitrogens with one attached hydrogen (secondary N) is 1. The Morgan fingerprint density at radius 3 is 2.26 bits per heavy atom. The van der Waals surface area contributed by atoms with E-state index in [-0.39, 0.29) is 36.3 Å². The summed E-state index contributed by atoms with van der Waals surface area (Å²) in [6.07, 6.45) is -4.47. The molecule has 3 aliphatic heterocycles. The molecule has 5 rings (SSSR count). The third-order valence-corrected chi connectivity index (χ3v) is 8.24. The topological polar surface area (TPSA) is 95.8 Å². The lowest BCUT2D eigenvalue weighted by Crippen LogP contribution is -2.50. The monoisotopic (exact) mass is 505 g/mol. The first-order chi connectivity index (χ1) is 16.7. The number of ether oxygens (including phenoxy) is 2. The van der Waals surface area contributed by atoms with Crippen molar-refractivity contribution in [3.8, 4) is 0 Å². The second-order valence-electron chi connectivity index (χ2n) is 10.5. The number of hydrogen-bond donors (Lipinski definition) is 1. The highest BCUT2D eigenvalue weighted by molar-refractivity contribution is 5.80. The molecule has 2 amide bonds. The SMILES string of the molecule is O=C(OCC1CCC(OC(F)(F)F)CC1)N1CC2CN(C(=O)C3CCC4NN=NC4C3F)CC2C1. The lowest BCUT2D eigenvalue weighted by Gasteiger charge is -2.34. The van der Waals surface area contributed by atoms with E-state index in [0.29, 0.717) is 64.7 Å². The van der Waals surface area contributed by atoms with Crippen LogP contribution in [0, 0.1) is 23.7 Å². The summed E-state index contributed by atoms with van der Waals surface area (Å²) in [7, 11) is 0. The first-order valence-electron chi connectivity index (χ1n) is 12.4. The minimum Gasteiger partial charge on any atom is -0.449 e. The molecule has 0 bridgehead atoms. The molecule has 6 atom stereocenters. The molecule has 196 valence electrons. The molecule has 3 heterocycles. The van der Waals surface area contributed by atoms with Gasteiger partial charge in [-0.1, -0.05) is 5.22 Å². The van der Waals surface area contributed by atoms with Crippen LogP contribution in [0.15, 0.2) is 10.3 Å². The average Bonchev–Trinajstić information content (AvgIpc) is 3.52. The Morgan fingerprint density at radius 1 is 0.943 bits per heavy atom. The molecular weight excluding hydrogens is 474 g/mol. The summed E-state index contributed by atoms with van der Waals surface area (Å²) < 4.78 is 61.5. The average molecular weight is 506 g/mol. The van der Waals surface area contributed by atoms with Crippen molar-refractivity contribution in [2.45, 2.75) is 69.2 Å². The van der Waals surface area contributed by atoms with Crippen molar-refractivity contribution in [1.29, 1.82) is 0 Å². The van der Waals surface area contributed by atoms with Crippen LogP contribution in [0.2, 0.25) is 0 Å². The van der Waals surface area contributed by atoms with Gasteiger partial charge in [-0.15, -0.1) is 13.2 Å². The quantitative estimate of drug-likeness (QED) is 0.593. The molecule has 13 heteroatoms. The van der Waals surface area contributed by atoms with E-state index in [1.165, 1.54) is 0 Å². The second-order valence-corrected chi connectivity index (χ2v) is 10.5. The summed E-state index contributed by atoms with van der Waals surface area (Å²) in [4.78, 5) is 29.0. The van der Waals surface area contributed by atoms with E-state index in [0.717, 1.165) is 0 Å². The van der Waals surface area contributed by atoms with Crippen LogP contribution in [0.4, 0.5) is 22.4 Å². The number of nitrogens with zero attached hydrogens (tertiary/aromatic N) is 4. The van der Waals surface area contributed by atoms with E-state index in [2.05, 4.69) is 20.5 Å². The summed E-state index contributed by atoms with van der Waals surface area (Å²) in [6, 6.07) is -0.730. The molecule has 0 radical (unpaired) electrons. The summed E-state index contributed by atoms with van der Waals surface area (Å²) in [5.74, 6) is -0.591. The highest BCUT2D eigenvalue weighted by atomic mass is 19.4. The molecule has 2 saturated heterocycles. The molecule has 0 aromatic carbocycles. The molecule has 0 aromatic heterocycles. The van der Waals surface area contributed by atoms with Crippen LogP contribution in [-0.4, -0.2) is 85.3 Å². The van der Waals surface area contributed by atoms with Crippen LogP contribution >= 0.6 is 0 Å².